The maximum absolute atomic E-state index is 3.73. The van der Waals surface area contributed by atoms with Gasteiger partial charge in [-0.15, -0.1) is 0 Å². The summed E-state index contributed by atoms with van der Waals surface area (Å²) < 4.78 is 0. The van der Waals surface area contributed by atoms with Gasteiger partial charge in [-0.1, -0.05) is 43.7 Å². The number of benzene rings is 1. The highest BCUT2D eigenvalue weighted by atomic mass is 15.0. The van der Waals surface area contributed by atoms with E-state index in [-0.39, 0.29) is 0 Å². The molecule has 1 fully saturated rings. The Morgan fingerprint density at radius 1 is 1.25 bits per heavy atom. The maximum Gasteiger partial charge on any atom is 0.0245 e. The van der Waals surface area contributed by atoms with Crippen LogP contribution in [0.15, 0.2) is 24.3 Å². The van der Waals surface area contributed by atoms with Crippen LogP contribution in [0.3, 0.4) is 0 Å². The normalized spacial score (nSPS) is 25.2. The molecular weight excluding hydrogens is 194 g/mol. The molecule has 1 heteroatoms. The van der Waals surface area contributed by atoms with E-state index in [0.29, 0.717) is 11.5 Å². The fourth-order valence-corrected chi connectivity index (χ4v) is 2.75. The van der Waals surface area contributed by atoms with Crippen LogP contribution >= 0.6 is 0 Å². The highest BCUT2D eigenvalue weighted by Crippen LogP contribution is 2.31. The number of nitrogens with one attached hydrogen (secondary N) is 1. The van der Waals surface area contributed by atoms with E-state index in [1.165, 1.54) is 36.9 Å². The van der Waals surface area contributed by atoms with Crippen molar-refractivity contribution >= 4 is 0 Å². The number of hydrogen-bond acceptors (Lipinski definition) is 1. The molecule has 0 aromatic heterocycles. The zero-order chi connectivity index (χ0) is 11.6. The molecule has 0 spiro atoms. The molecule has 0 saturated carbocycles. The van der Waals surface area contributed by atoms with E-state index in [1.807, 2.05) is 0 Å². The van der Waals surface area contributed by atoms with E-state index in [0.717, 1.165) is 0 Å². The molecule has 1 aliphatic rings. The summed E-state index contributed by atoms with van der Waals surface area (Å²) in [5.74, 6) is 0.705. The van der Waals surface area contributed by atoms with Gasteiger partial charge in [-0.3, -0.25) is 0 Å². The van der Waals surface area contributed by atoms with Crippen molar-refractivity contribution < 1.29 is 0 Å². The van der Waals surface area contributed by atoms with Gasteiger partial charge in [-0.25, -0.2) is 0 Å². The maximum atomic E-state index is 3.73. The first kappa shape index (κ1) is 11.7. The summed E-state index contributed by atoms with van der Waals surface area (Å²) in [6.07, 6.45) is 3.81. The van der Waals surface area contributed by atoms with E-state index in [9.17, 15) is 0 Å². The molecule has 1 aromatic rings. The van der Waals surface area contributed by atoms with Crippen LogP contribution in [0, 0.1) is 12.8 Å². The predicted molar refractivity (Wildman–Crippen MR) is 69.7 cm³/mol. The van der Waals surface area contributed by atoms with E-state index in [2.05, 4.69) is 50.4 Å². The highest BCUT2D eigenvalue weighted by Gasteiger charge is 2.36. The van der Waals surface area contributed by atoms with E-state index < -0.39 is 0 Å². The molecule has 1 saturated heterocycles. The second-order valence-corrected chi connectivity index (χ2v) is 5.50. The molecular formula is C15H23N. The first-order chi connectivity index (χ1) is 7.62. The summed E-state index contributed by atoms with van der Waals surface area (Å²) in [4.78, 5) is 0. The van der Waals surface area contributed by atoms with Crippen LogP contribution in [-0.4, -0.2) is 12.1 Å². The van der Waals surface area contributed by atoms with Gasteiger partial charge < -0.3 is 5.32 Å². The Bertz CT molecular complexity index is 331. The third kappa shape index (κ3) is 2.30. The lowest BCUT2D eigenvalue weighted by Crippen LogP contribution is -2.46. The summed E-state index contributed by atoms with van der Waals surface area (Å²) >= 11 is 0. The van der Waals surface area contributed by atoms with Crippen LogP contribution in [0.2, 0.25) is 0 Å². The van der Waals surface area contributed by atoms with Crippen LogP contribution in [0.1, 0.15) is 37.8 Å². The molecule has 2 rings (SSSR count). The summed E-state index contributed by atoms with van der Waals surface area (Å²) in [5, 5.41) is 3.73. The highest BCUT2D eigenvalue weighted by molar-refractivity contribution is 5.24. The summed E-state index contributed by atoms with van der Waals surface area (Å²) in [6.45, 7) is 8.01. The number of rotatable bonds is 3. The van der Waals surface area contributed by atoms with Crippen LogP contribution in [-0.2, 0) is 6.42 Å². The molecule has 88 valence electrons. The predicted octanol–water partition coefficient (Wildman–Crippen LogP) is 3.32. The average molecular weight is 217 g/mol. The molecule has 0 bridgehead atoms. The molecule has 1 nitrogen and oxygen atoms in total. The first-order valence-corrected chi connectivity index (χ1v) is 6.43. The Hall–Kier alpha value is -0.820. The quantitative estimate of drug-likeness (QED) is 0.819. The molecule has 1 N–H and O–H groups in total. The van der Waals surface area contributed by atoms with Crippen molar-refractivity contribution in [2.45, 2.75) is 45.6 Å². The zero-order valence-electron chi connectivity index (χ0n) is 10.7. The Balaban J connectivity index is 2.14. The largest absolute Gasteiger partial charge is 0.311 e. The minimum absolute atomic E-state index is 0.343. The van der Waals surface area contributed by atoms with E-state index in [4.69, 9.17) is 0 Å². The van der Waals surface area contributed by atoms with Crippen LogP contribution < -0.4 is 5.32 Å². The Labute approximate surface area is 99.3 Å². The SMILES string of the molecule is Cc1ccc(CC2(C(C)C)CCCN2)cc1. The molecule has 1 unspecified atom stereocenters. The molecule has 0 radical (unpaired) electrons. The lowest BCUT2D eigenvalue weighted by molar-refractivity contribution is 0.269. The van der Waals surface area contributed by atoms with Crippen molar-refractivity contribution in [1.82, 2.24) is 5.32 Å². The topological polar surface area (TPSA) is 12.0 Å². The summed E-state index contributed by atoms with van der Waals surface area (Å²) in [6, 6.07) is 9.00. The van der Waals surface area contributed by atoms with Gasteiger partial charge in [0.05, 0.1) is 0 Å². The van der Waals surface area contributed by atoms with Crippen molar-refractivity contribution in [1.29, 1.82) is 0 Å². The second-order valence-electron chi connectivity index (χ2n) is 5.50. The number of aryl methyl sites for hydroxylation is 1. The van der Waals surface area contributed by atoms with Gasteiger partial charge in [-0.05, 0) is 44.2 Å². The monoisotopic (exact) mass is 217 g/mol. The molecule has 1 aromatic carbocycles. The van der Waals surface area contributed by atoms with Gasteiger partial charge >= 0.3 is 0 Å². The minimum Gasteiger partial charge on any atom is -0.311 e. The van der Waals surface area contributed by atoms with Gasteiger partial charge in [-0.2, -0.15) is 0 Å². The number of hydrogen-bond donors (Lipinski definition) is 1. The molecule has 1 aliphatic heterocycles. The van der Waals surface area contributed by atoms with Gasteiger partial charge in [0, 0.05) is 5.54 Å². The van der Waals surface area contributed by atoms with Crippen molar-refractivity contribution in [2.24, 2.45) is 5.92 Å². The van der Waals surface area contributed by atoms with Gasteiger partial charge in [0.25, 0.3) is 0 Å². The summed E-state index contributed by atoms with van der Waals surface area (Å²) in [5.41, 5.74) is 3.16. The third-order valence-electron chi connectivity index (χ3n) is 4.02. The minimum atomic E-state index is 0.343. The van der Waals surface area contributed by atoms with Crippen molar-refractivity contribution in [3.8, 4) is 0 Å². The Morgan fingerprint density at radius 2 is 1.94 bits per heavy atom. The van der Waals surface area contributed by atoms with Crippen molar-refractivity contribution in [2.75, 3.05) is 6.54 Å². The van der Waals surface area contributed by atoms with Gasteiger partial charge in [0.15, 0.2) is 0 Å². The van der Waals surface area contributed by atoms with Crippen molar-refractivity contribution in [3.63, 3.8) is 0 Å². The fraction of sp³-hybridized carbons (Fsp3) is 0.600. The van der Waals surface area contributed by atoms with Crippen molar-refractivity contribution in [3.05, 3.63) is 35.4 Å². The van der Waals surface area contributed by atoms with E-state index in [1.54, 1.807) is 0 Å². The standard InChI is InChI=1S/C15H23N/c1-12(2)15(9-4-10-16-15)11-14-7-5-13(3)6-8-14/h5-8,12,16H,4,9-11H2,1-3H3. The first-order valence-electron chi connectivity index (χ1n) is 6.43. The summed E-state index contributed by atoms with van der Waals surface area (Å²) in [7, 11) is 0. The third-order valence-corrected chi connectivity index (χ3v) is 4.02. The lowest BCUT2D eigenvalue weighted by Gasteiger charge is -2.34. The molecule has 1 heterocycles. The van der Waals surface area contributed by atoms with Crippen LogP contribution in [0.5, 0.6) is 0 Å². The molecule has 0 amide bonds. The molecule has 0 aliphatic carbocycles. The lowest BCUT2D eigenvalue weighted by atomic mass is 9.80. The van der Waals surface area contributed by atoms with Crippen LogP contribution in [0.4, 0.5) is 0 Å². The zero-order valence-corrected chi connectivity index (χ0v) is 10.7. The van der Waals surface area contributed by atoms with Gasteiger partial charge in [0.1, 0.15) is 0 Å². The van der Waals surface area contributed by atoms with Crippen LogP contribution in [0.25, 0.3) is 0 Å². The van der Waals surface area contributed by atoms with Gasteiger partial charge in [0.2, 0.25) is 0 Å². The second kappa shape index (κ2) is 4.58. The average Bonchev–Trinajstić information content (AvgIpc) is 2.71. The fourth-order valence-electron chi connectivity index (χ4n) is 2.75. The Kier molecular flexibility index (Phi) is 3.34. The molecule has 1 atom stereocenters. The van der Waals surface area contributed by atoms with E-state index >= 15 is 0 Å². The molecule has 16 heavy (non-hydrogen) atoms. The Morgan fingerprint density at radius 3 is 2.44 bits per heavy atom. The smallest absolute Gasteiger partial charge is 0.0245 e.